The monoisotopic (exact) mass is 1320 g/mol. The summed E-state index contributed by atoms with van der Waals surface area (Å²) in [4.78, 5) is 0. The predicted molar refractivity (Wildman–Crippen MR) is 425 cm³/mol. The van der Waals surface area contributed by atoms with Crippen molar-refractivity contribution in [3.63, 3.8) is 0 Å². The van der Waals surface area contributed by atoms with Crippen LogP contribution in [-0.4, -0.2) is 0 Å². The maximum Gasteiger partial charge on any atom is 0.212 e. The van der Waals surface area contributed by atoms with E-state index in [9.17, 15) is 0 Å². The van der Waals surface area contributed by atoms with E-state index in [0.29, 0.717) is 38.8 Å². The lowest BCUT2D eigenvalue weighted by Gasteiger charge is -2.24. The zero-order chi connectivity index (χ0) is 79.9. The molecule has 0 aliphatic carbocycles. The number of aryl methyl sites for hydroxylation is 14. The number of nitrogens with zero attached hydrogens (tertiary/aromatic N) is 4. The molecule has 0 bridgehead atoms. The van der Waals surface area contributed by atoms with E-state index in [-0.39, 0.29) is 40.7 Å². The fraction of sp³-hybridized carbons (Fsp3) is 0.522. The van der Waals surface area contributed by atoms with Gasteiger partial charge in [0, 0.05) is 85.2 Å². The molecule has 528 valence electrons. The van der Waals surface area contributed by atoms with Crippen LogP contribution in [0.5, 0.6) is 0 Å². The Labute approximate surface area is 610 Å². The molecule has 4 nitrogen and oxygen atoms in total. The van der Waals surface area contributed by atoms with E-state index in [0.717, 1.165) is 52.8 Å². The lowest BCUT2D eigenvalue weighted by molar-refractivity contribution is -0.661. The summed E-state index contributed by atoms with van der Waals surface area (Å²) < 4.78 is 107. The van der Waals surface area contributed by atoms with Crippen molar-refractivity contribution in [1.29, 1.82) is 0 Å². The minimum absolute atomic E-state index is 0. The van der Waals surface area contributed by atoms with Gasteiger partial charge in [-0.1, -0.05) is 225 Å². The van der Waals surface area contributed by atoms with Gasteiger partial charge in [0.15, 0.2) is 24.8 Å². The second kappa shape index (κ2) is 34.8. The van der Waals surface area contributed by atoms with Gasteiger partial charge in [-0.05, 0) is 209 Å². The molecule has 8 aromatic rings. The highest BCUT2D eigenvalue weighted by molar-refractivity contribution is 5.65. The predicted octanol–water partition coefficient (Wildman–Crippen LogP) is 23.9. The van der Waals surface area contributed by atoms with Crippen LogP contribution >= 0.6 is 0 Å². The van der Waals surface area contributed by atoms with Crippen molar-refractivity contribution in [3.05, 3.63) is 211 Å². The van der Waals surface area contributed by atoms with Gasteiger partial charge in [0.1, 0.15) is 28.2 Å². The first-order valence-corrected chi connectivity index (χ1v) is 33.3. The quantitative estimate of drug-likeness (QED) is 0.121. The van der Waals surface area contributed by atoms with Crippen LogP contribution in [0.1, 0.15) is 260 Å². The number of pyridine rings is 4. The Morgan fingerprint density at radius 2 is 0.521 bits per heavy atom. The molecular weight excluding hydrogens is 1160 g/mol. The molecule has 96 heavy (non-hydrogen) atoms. The van der Waals surface area contributed by atoms with E-state index in [1.54, 1.807) is 47.2 Å². The third kappa shape index (κ3) is 27.1. The van der Waals surface area contributed by atoms with Crippen molar-refractivity contribution in [2.75, 3.05) is 0 Å². The molecule has 0 aliphatic heterocycles. The summed E-state index contributed by atoms with van der Waals surface area (Å²) >= 11 is 0. The summed E-state index contributed by atoms with van der Waals surface area (Å²) in [6.07, 6.45) is 6.48. The van der Waals surface area contributed by atoms with Gasteiger partial charge in [-0.15, -0.1) is 0 Å². The maximum absolute atomic E-state index is 8.96. The number of aromatic nitrogens is 4. The van der Waals surface area contributed by atoms with Gasteiger partial charge < -0.3 is 0 Å². The van der Waals surface area contributed by atoms with Gasteiger partial charge in [-0.2, -0.15) is 0 Å². The average Bonchev–Trinajstić information content (AvgIpc) is 0.736. The Bertz CT molecular complexity index is 4370. The van der Waals surface area contributed by atoms with Gasteiger partial charge in [0.2, 0.25) is 22.8 Å². The van der Waals surface area contributed by atoms with Crippen LogP contribution in [0, 0.1) is 102 Å². The SMILES string of the molecule is C.C.C.C.Cc1ccc(-c2cc(C)c(CC(C)(C)C)c[n+]2C)c(C)c1.Cc1ccc(-c2cc(CC(C)(C)C)c(CC(C)(C)C)c[n+]2C)c(C)c1.[2H]C([2H])([2H])c1ccc(-c2cc(C([2H])([2H])C(C)(C)C)c(C([2H])([2H])C(C)(C)C)c[n+]2C)c(C)c1.[2H]C([2H])([2H])c1ccc(-c2cc(C)c(C([2H])([2H])C(C)(C)C)c[n+]2C)c(C)c1. The van der Waals surface area contributed by atoms with Crippen molar-refractivity contribution in [1.82, 2.24) is 0 Å². The summed E-state index contributed by atoms with van der Waals surface area (Å²) in [5, 5.41) is 0. The number of rotatable bonds is 10. The van der Waals surface area contributed by atoms with Crippen LogP contribution in [0.3, 0.4) is 0 Å². The molecule has 0 radical (unpaired) electrons. The Kier molecular flexibility index (Phi) is 24.7. The molecule has 0 N–H and O–H groups in total. The molecule has 0 fully saturated rings. The summed E-state index contributed by atoms with van der Waals surface area (Å²) in [7, 11) is 8.04. The molecule has 8 rings (SSSR count). The van der Waals surface area contributed by atoms with Crippen LogP contribution < -0.4 is 18.3 Å². The van der Waals surface area contributed by atoms with E-state index in [1.807, 2.05) is 120 Å². The molecule has 4 aromatic heterocycles. The maximum atomic E-state index is 8.96. The van der Waals surface area contributed by atoms with E-state index in [2.05, 4.69) is 181 Å². The van der Waals surface area contributed by atoms with Gasteiger partial charge in [0.25, 0.3) is 0 Å². The van der Waals surface area contributed by atoms with Gasteiger partial charge in [-0.3, -0.25) is 0 Å². The Balaban J connectivity index is 0.000000718. The van der Waals surface area contributed by atoms with Crippen LogP contribution in [0.15, 0.2) is 122 Å². The third-order valence-electron chi connectivity index (χ3n) is 15.8. The van der Waals surface area contributed by atoms with Crippen molar-refractivity contribution in [2.24, 2.45) is 60.7 Å². The molecule has 0 saturated heterocycles. The second-order valence-electron chi connectivity index (χ2n) is 33.3. The molecule has 0 unspecified atom stereocenters. The Morgan fingerprint density at radius 3 is 0.854 bits per heavy atom. The number of hydrogen-bond acceptors (Lipinski definition) is 0. The summed E-state index contributed by atoms with van der Waals surface area (Å²) in [6, 6.07) is 32.1. The lowest BCUT2D eigenvalue weighted by Crippen LogP contribution is -2.33. The fourth-order valence-corrected chi connectivity index (χ4v) is 11.9. The van der Waals surface area contributed by atoms with Gasteiger partial charge in [0.05, 0.1) is 0 Å². The minimum Gasteiger partial charge on any atom is -0.201 e. The van der Waals surface area contributed by atoms with E-state index >= 15 is 0 Å². The number of benzene rings is 4. The van der Waals surface area contributed by atoms with E-state index in [4.69, 9.17) is 16.4 Å². The zero-order valence-corrected chi connectivity index (χ0v) is 63.0. The topological polar surface area (TPSA) is 15.5 Å². The zero-order valence-electron chi connectivity index (χ0n) is 75.0. The van der Waals surface area contributed by atoms with E-state index < -0.39 is 49.1 Å². The summed E-state index contributed by atoms with van der Waals surface area (Å²) in [5.74, 6) is 0. The summed E-state index contributed by atoms with van der Waals surface area (Å²) in [6.45, 7) is 49.7. The molecule has 4 heteroatoms. The fourth-order valence-electron chi connectivity index (χ4n) is 11.9. The smallest absolute Gasteiger partial charge is 0.201 e. The van der Waals surface area contributed by atoms with Crippen molar-refractivity contribution in [3.8, 4) is 45.0 Å². The van der Waals surface area contributed by atoms with Crippen molar-refractivity contribution >= 4 is 0 Å². The van der Waals surface area contributed by atoms with Crippen LogP contribution in [0.25, 0.3) is 45.0 Å². The van der Waals surface area contributed by atoms with Crippen molar-refractivity contribution in [2.45, 2.75) is 262 Å². The first-order chi connectivity index (χ1) is 46.8. The minimum atomic E-state index is -2.20. The highest BCUT2D eigenvalue weighted by Crippen LogP contribution is 2.34. The molecule has 0 spiro atoms. The van der Waals surface area contributed by atoms with Crippen LogP contribution in [-0.2, 0) is 66.6 Å². The normalized spacial score (nSPS) is 14.2. The molecular formula is C92H144N4+4. The van der Waals surface area contributed by atoms with E-state index in [1.165, 1.54) is 67.0 Å². The molecule has 0 aliphatic rings. The van der Waals surface area contributed by atoms with Crippen molar-refractivity contribution < 1.29 is 34.7 Å². The molecule has 0 atom stereocenters. The highest BCUT2D eigenvalue weighted by atomic mass is 14.9. The van der Waals surface area contributed by atoms with Crippen LogP contribution in [0.2, 0.25) is 0 Å². The molecule has 0 amide bonds. The number of hydrogen-bond donors (Lipinski definition) is 0. The summed E-state index contributed by atoms with van der Waals surface area (Å²) in [5.41, 5.74) is 23.1. The lowest BCUT2D eigenvalue weighted by atomic mass is 9.81. The Hall–Kier alpha value is -6.52. The highest BCUT2D eigenvalue weighted by Gasteiger charge is 2.27. The van der Waals surface area contributed by atoms with Gasteiger partial charge in [-0.25, -0.2) is 18.3 Å². The second-order valence-corrected chi connectivity index (χ2v) is 33.3. The first-order valence-electron chi connectivity index (χ1n) is 39.3. The molecule has 0 saturated carbocycles. The van der Waals surface area contributed by atoms with Gasteiger partial charge >= 0.3 is 0 Å². The largest absolute Gasteiger partial charge is 0.212 e. The first kappa shape index (κ1) is 68.0. The standard InChI is InChI=1S/2C24H36N.2C20H28N.4CH4/c2*1-17-10-11-21(18(2)12-17)22-13-19(14-23(3,4)5)20(16-25(22)9)15-24(6,7)8;2*1-14-8-9-18(16(3)10-14)19-11-15(2)17(13-21(19)7)12-20(4,5)6;;;;/h2*10-13,16H,14-15H2,1-9H3;2*8-11,13H,12H2,1-7H3;4*1H4/q4*+1;;;;/i1D3,14D2,15D2;;1D3,12D2;;;;;. The molecule has 4 aromatic carbocycles. The molecule has 4 heterocycles. The van der Waals surface area contributed by atoms with Crippen LogP contribution in [0.4, 0.5) is 0 Å². The Morgan fingerprint density at radius 1 is 0.271 bits per heavy atom. The third-order valence-corrected chi connectivity index (χ3v) is 15.8. The average molecular weight is 1320 g/mol.